The summed E-state index contributed by atoms with van der Waals surface area (Å²) in [6, 6.07) is 7.84. The third-order valence-electron chi connectivity index (χ3n) is 3.21. The van der Waals surface area contributed by atoms with E-state index in [0.29, 0.717) is 19.0 Å². The van der Waals surface area contributed by atoms with Gasteiger partial charge in [-0.25, -0.2) is 4.98 Å². The average Bonchev–Trinajstić information content (AvgIpc) is 2.61. The maximum absolute atomic E-state index is 12.9. The largest absolute Gasteiger partial charge is 0.419 e. The Morgan fingerprint density at radius 2 is 1.84 bits per heavy atom. The molecule has 0 fully saturated rings. The van der Waals surface area contributed by atoms with Gasteiger partial charge in [0.1, 0.15) is 5.82 Å². The molecule has 0 saturated heterocycles. The fourth-order valence-corrected chi connectivity index (χ4v) is 2.03. The zero-order chi connectivity index (χ0) is 18.1. The molecule has 0 unspecified atom stereocenters. The molecule has 0 aliphatic rings. The van der Waals surface area contributed by atoms with E-state index in [-0.39, 0.29) is 12.4 Å². The van der Waals surface area contributed by atoms with Crippen LogP contribution in [0.15, 0.2) is 47.7 Å². The molecule has 134 valence electrons. The molecule has 0 aromatic carbocycles. The van der Waals surface area contributed by atoms with E-state index in [1.807, 2.05) is 18.2 Å². The van der Waals surface area contributed by atoms with E-state index in [1.54, 1.807) is 13.2 Å². The highest BCUT2D eigenvalue weighted by Crippen LogP contribution is 2.33. The predicted molar refractivity (Wildman–Crippen MR) is 90.2 cm³/mol. The van der Waals surface area contributed by atoms with Gasteiger partial charge in [-0.2, -0.15) is 13.2 Å². The standard InChI is InChI=1S/C16H19F3N6/c1-20-15(25-11-12-5-2-3-7-21-12)24-10-9-23-14-13(16(17,18)19)6-4-8-22-14/h2-8H,9-11H2,1H3,(H,22,23)(H2,20,24,25). The first kappa shape index (κ1) is 18.5. The summed E-state index contributed by atoms with van der Waals surface area (Å²) in [5, 5.41) is 8.77. The molecule has 9 heteroatoms. The summed E-state index contributed by atoms with van der Waals surface area (Å²) >= 11 is 0. The van der Waals surface area contributed by atoms with E-state index < -0.39 is 11.7 Å². The highest BCUT2D eigenvalue weighted by atomic mass is 19.4. The van der Waals surface area contributed by atoms with Gasteiger partial charge in [0.15, 0.2) is 5.96 Å². The molecule has 0 bridgehead atoms. The summed E-state index contributed by atoms with van der Waals surface area (Å²) in [4.78, 5) is 12.0. The molecule has 0 atom stereocenters. The second-order valence-electron chi connectivity index (χ2n) is 5.00. The summed E-state index contributed by atoms with van der Waals surface area (Å²) in [7, 11) is 1.61. The first-order valence-electron chi connectivity index (χ1n) is 7.61. The highest BCUT2D eigenvalue weighted by molar-refractivity contribution is 5.79. The molecule has 2 aromatic heterocycles. The van der Waals surface area contributed by atoms with Crippen LogP contribution in [0.2, 0.25) is 0 Å². The number of alkyl halides is 3. The van der Waals surface area contributed by atoms with E-state index in [1.165, 1.54) is 12.3 Å². The molecular formula is C16H19F3N6. The molecule has 0 radical (unpaired) electrons. The molecule has 0 aliphatic carbocycles. The van der Waals surface area contributed by atoms with Crippen molar-refractivity contribution >= 4 is 11.8 Å². The number of hydrogen-bond acceptors (Lipinski definition) is 4. The molecule has 2 heterocycles. The SMILES string of the molecule is CN=C(NCCNc1ncccc1C(F)(F)F)NCc1ccccn1. The van der Waals surface area contributed by atoms with Crippen molar-refractivity contribution in [1.29, 1.82) is 0 Å². The number of hydrogen-bond donors (Lipinski definition) is 3. The maximum Gasteiger partial charge on any atom is 0.419 e. The van der Waals surface area contributed by atoms with Crippen LogP contribution >= 0.6 is 0 Å². The van der Waals surface area contributed by atoms with Crippen LogP contribution in [-0.4, -0.2) is 36.1 Å². The summed E-state index contributed by atoms with van der Waals surface area (Å²) in [6.45, 7) is 1.12. The van der Waals surface area contributed by atoms with Gasteiger partial charge in [0.25, 0.3) is 0 Å². The Bertz CT molecular complexity index is 688. The minimum Gasteiger partial charge on any atom is -0.368 e. The number of aliphatic imine (C=N–C) groups is 1. The number of nitrogens with one attached hydrogen (secondary N) is 3. The Hall–Kier alpha value is -2.84. The Labute approximate surface area is 143 Å². The summed E-state index contributed by atoms with van der Waals surface area (Å²) in [5.41, 5.74) is 0.0690. The number of guanidine groups is 1. The van der Waals surface area contributed by atoms with Crippen molar-refractivity contribution in [3.8, 4) is 0 Å². The van der Waals surface area contributed by atoms with Gasteiger partial charge >= 0.3 is 6.18 Å². The molecule has 0 spiro atoms. The lowest BCUT2D eigenvalue weighted by Gasteiger charge is -2.14. The van der Waals surface area contributed by atoms with Crippen LogP contribution in [0.1, 0.15) is 11.3 Å². The van der Waals surface area contributed by atoms with E-state index in [2.05, 4.69) is 30.9 Å². The zero-order valence-electron chi connectivity index (χ0n) is 13.6. The summed E-state index contributed by atoms with van der Waals surface area (Å²) in [6.07, 6.45) is -1.43. The topological polar surface area (TPSA) is 74.2 Å². The Balaban J connectivity index is 1.78. The minimum absolute atomic E-state index is 0.187. The van der Waals surface area contributed by atoms with Crippen molar-refractivity contribution in [1.82, 2.24) is 20.6 Å². The molecule has 6 nitrogen and oxygen atoms in total. The third-order valence-corrected chi connectivity index (χ3v) is 3.21. The highest BCUT2D eigenvalue weighted by Gasteiger charge is 2.33. The maximum atomic E-state index is 12.9. The van der Waals surface area contributed by atoms with Crippen LogP contribution in [0.4, 0.5) is 19.0 Å². The van der Waals surface area contributed by atoms with Gasteiger partial charge in [-0.15, -0.1) is 0 Å². The van der Waals surface area contributed by atoms with E-state index in [9.17, 15) is 13.2 Å². The van der Waals surface area contributed by atoms with Crippen molar-refractivity contribution in [2.24, 2.45) is 4.99 Å². The number of aromatic nitrogens is 2. The second kappa shape index (κ2) is 8.86. The van der Waals surface area contributed by atoms with Crippen molar-refractivity contribution < 1.29 is 13.2 Å². The molecule has 2 rings (SSSR count). The number of pyridine rings is 2. The quantitative estimate of drug-likeness (QED) is 0.423. The monoisotopic (exact) mass is 352 g/mol. The van der Waals surface area contributed by atoms with E-state index in [4.69, 9.17) is 0 Å². The lowest BCUT2D eigenvalue weighted by molar-refractivity contribution is -0.137. The zero-order valence-corrected chi connectivity index (χ0v) is 13.6. The van der Waals surface area contributed by atoms with Crippen LogP contribution in [0, 0.1) is 0 Å². The summed E-state index contributed by atoms with van der Waals surface area (Å²) in [5.74, 6) is 0.345. The molecule has 0 amide bonds. The van der Waals surface area contributed by atoms with Gasteiger partial charge in [0.2, 0.25) is 0 Å². The van der Waals surface area contributed by atoms with Crippen molar-refractivity contribution in [3.63, 3.8) is 0 Å². The molecule has 0 aliphatic heterocycles. The molecule has 0 saturated carbocycles. The Morgan fingerprint density at radius 1 is 1.04 bits per heavy atom. The number of halogens is 3. The average molecular weight is 352 g/mol. The third kappa shape index (κ3) is 5.94. The fraction of sp³-hybridized carbons (Fsp3) is 0.312. The Kier molecular flexibility index (Phi) is 6.55. The van der Waals surface area contributed by atoms with Crippen LogP contribution in [0.3, 0.4) is 0 Å². The number of anilines is 1. The van der Waals surface area contributed by atoms with Crippen molar-refractivity contribution in [2.75, 3.05) is 25.5 Å². The molecule has 2 aromatic rings. The lowest BCUT2D eigenvalue weighted by Crippen LogP contribution is -2.39. The minimum atomic E-state index is -4.44. The first-order chi connectivity index (χ1) is 12.0. The van der Waals surface area contributed by atoms with Gasteiger partial charge in [-0.3, -0.25) is 9.98 Å². The molecule has 3 N–H and O–H groups in total. The second-order valence-corrected chi connectivity index (χ2v) is 5.00. The summed E-state index contributed by atoms with van der Waals surface area (Å²) < 4.78 is 38.6. The molecular weight excluding hydrogens is 333 g/mol. The number of nitrogens with zero attached hydrogens (tertiary/aromatic N) is 3. The van der Waals surface area contributed by atoms with E-state index >= 15 is 0 Å². The van der Waals surface area contributed by atoms with Gasteiger partial charge in [0.05, 0.1) is 17.8 Å². The van der Waals surface area contributed by atoms with Gasteiger partial charge < -0.3 is 16.0 Å². The van der Waals surface area contributed by atoms with Crippen molar-refractivity contribution in [3.05, 3.63) is 54.0 Å². The lowest BCUT2D eigenvalue weighted by atomic mass is 10.2. The van der Waals surface area contributed by atoms with Crippen molar-refractivity contribution in [2.45, 2.75) is 12.7 Å². The van der Waals surface area contributed by atoms with Gasteiger partial charge in [-0.1, -0.05) is 6.07 Å². The first-order valence-corrected chi connectivity index (χ1v) is 7.61. The fourth-order valence-electron chi connectivity index (χ4n) is 2.03. The van der Waals surface area contributed by atoms with Gasteiger partial charge in [-0.05, 0) is 24.3 Å². The van der Waals surface area contributed by atoms with Crippen LogP contribution in [0.5, 0.6) is 0 Å². The van der Waals surface area contributed by atoms with Crippen LogP contribution < -0.4 is 16.0 Å². The van der Waals surface area contributed by atoms with Crippen LogP contribution in [-0.2, 0) is 12.7 Å². The number of rotatable bonds is 6. The predicted octanol–water partition coefficient (Wildman–Crippen LogP) is 2.27. The molecule has 25 heavy (non-hydrogen) atoms. The van der Waals surface area contributed by atoms with Crippen LogP contribution in [0.25, 0.3) is 0 Å². The van der Waals surface area contributed by atoms with E-state index in [0.717, 1.165) is 11.8 Å². The normalized spacial score (nSPS) is 11.9. The van der Waals surface area contributed by atoms with Gasteiger partial charge in [0, 0.05) is 32.5 Å². The Morgan fingerprint density at radius 3 is 2.52 bits per heavy atom. The smallest absolute Gasteiger partial charge is 0.368 e.